The Bertz CT molecular complexity index is 1110. The largest absolute Gasteiger partial charge is 0.326 e. The van der Waals surface area contributed by atoms with Crippen LogP contribution in [-0.2, 0) is 16.1 Å². The molecule has 33 heavy (non-hydrogen) atoms. The molecule has 3 fully saturated rings. The van der Waals surface area contributed by atoms with E-state index in [4.69, 9.17) is 5.73 Å². The Morgan fingerprint density at radius 3 is 2.48 bits per heavy atom. The molecule has 2 aromatic carbocycles. The minimum Gasteiger partial charge on any atom is -0.326 e. The monoisotopic (exact) mass is 448 g/mol. The fourth-order valence-electron chi connectivity index (χ4n) is 5.51. The van der Waals surface area contributed by atoms with Crippen LogP contribution in [0.1, 0.15) is 36.8 Å². The van der Waals surface area contributed by atoms with Crippen molar-refractivity contribution in [2.45, 2.75) is 32.2 Å². The number of anilines is 2. The number of hydrogen-bond donors (Lipinski definition) is 4. The minimum atomic E-state index is -0.490. The Morgan fingerprint density at radius 1 is 1.06 bits per heavy atom. The SMILES string of the molecule is NCc1ccc(NC(=O)C23CC(C2)[C@H](C(=O)Nc2ccc(C4=CCNCC4)c(F)c2)C3)cc1. The average molecular weight is 449 g/mol. The van der Waals surface area contributed by atoms with E-state index >= 15 is 0 Å². The van der Waals surface area contributed by atoms with Gasteiger partial charge in [0.15, 0.2) is 0 Å². The molecule has 172 valence electrons. The fraction of sp³-hybridized carbons (Fsp3) is 0.385. The standard InChI is InChI=1S/C26H29FN4O2/c27-23-11-20(5-6-21(23)17-7-9-29-10-8-17)30-24(32)22-14-26(12-18(22)13-26)25(33)31-19-3-1-16(15-28)2-4-19/h1-7,11,18,22,29H,8-10,12-15,28H2,(H,30,32)(H,31,33)/t18?,22-,26?/m1/s1. The van der Waals surface area contributed by atoms with Gasteiger partial charge in [0.05, 0.1) is 5.41 Å². The van der Waals surface area contributed by atoms with Gasteiger partial charge in [-0.15, -0.1) is 0 Å². The lowest BCUT2D eigenvalue weighted by Crippen LogP contribution is -2.40. The first kappa shape index (κ1) is 21.8. The van der Waals surface area contributed by atoms with E-state index in [-0.39, 0.29) is 29.5 Å². The molecular weight excluding hydrogens is 419 g/mol. The lowest BCUT2D eigenvalue weighted by Gasteiger charge is -2.36. The normalized spacial score (nSPS) is 25.7. The van der Waals surface area contributed by atoms with E-state index in [1.54, 1.807) is 12.1 Å². The summed E-state index contributed by atoms with van der Waals surface area (Å²) in [5.74, 6) is -0.523. The summed E-state index contributed by atoms with van der Waals surface area (Å²) in [6.07, 6.45) is 4.74. The van der Waals surface area contributed by atoms with Gasteiger partial charge in [0, 0.05) is 35.9 Å². The molecule has 1 aliphatic heterocycles. The van der Waals surface area contributed by atoms with Crippen LogP contribution in [0.15, 0.2) is 48.5 Å². The van der Waals surface area contributed by atoms with E-state index in [1.807, 2.05) is 30.3 Å². The third-order valence-electron chi connectivity index (χ3n) is 7.40. The van der Waals surface area contributed by atoms with Crippen LogP contribution in [0.3, 0.4) is 0 Å². The second-order valence-corrected chi connectivity index (χ2v) is 9.48. The first-order valence-electron chi connectivity index (χ1n) is 11.6. The molecule has 3 saturated carbocycles. The average Bonchev–Trinajstić information content (AvgIpc) is 3.38. The summed E-state index contributed by atoms with van der Waals surface area (Å²) in [7, 11) is 0. The van der Waals surface area contributed by atoms with E-state index in [9.17, 15) is 14.0 Å². The van der Waals surface area contributed by atoms with Gasteiger partial charge in [-0.05, 0) is 79.6 Å². The van der Waals surface area contributed by atoms with E-state index in [0.717, 1.165) is 36.3 Å². The van der Waals surface area contributed by atoms with Crippen molar-refractivity contribution in [1.82, 2.24) is 5.32 Å². The predicted molar refractivity (Wildman–Crippen MR) is 127 cm³/mol. The van der Waals surface area contributed by atoms with E-state index in [1.165, 1.54) is 6.07 Å². The summed E-state index contributed by atoms with van der Waals surface area (Å²) in [5, 5.41) is 9.09. The van der Waals surface area contributed by atoms with Gasteiger partial charge in [0.1, 0.15) is 5.82 Å². The maximum absolute atomic E-state index is 14.7. The number of rotatable bonds is 6. The van der Waals surface area contributed by atoms with Gasteiger partial charge in [-0.25, -0.2) is 4.39 Å². The molecule has 2 amide bonds. The minimum absolute atomic E-state index is 0.0276. The lowest BCUT2D eigenvalue weighted by molar-refractivity contribution is -0.129. The number of amides is 2. The van der Waals surface area contributed by atoms with Crippen molar-refractivity contribution in [1.29, 1.82) is 0 Å². The highest BCUT2D eigenvalue weighted by Gasteiger charge is 2.62. The van der Waals surface area contributed by atoms with Crippen LogP contribution < -0.4 is 21.7 Å². The molecule has 3 aliphatic carbocycles. The molecule has 6 nitrogen and oxygen atoms in total. The molecule has 6 rings (SSSR count). The summed E-state index contributed by atoms with van der Waals surface area (Å²) in [6, 6.07) is 12.4. The van der Waals surface area contributed by atoms with Crippen LogP contribution in [0.5, 0.6) is 0 Å². The summed E-state index contributed by atoms with van der Waals surface area (Å²) in [4.78, 5) is 25.9. The maximum Gasteiger partial charge on any atom is 0.230 e. The Kier molecular flexibility index (Phi) is 5.76. The fourth-order valence-corrected chi connectivity index (χ4v) is 5.51. The summed E-state index contributed by atoms with van der Waals surface area (Å²) in [5.41, 5.74) is 8.92. The third-order valence-corrected chi connectivity index (χ3v) is 7.40. The molecule has 1 atom stereocenters. The Morgan fingerprint density at radius 2 is 1.82 bits per heavy atom. The summed E-state index contributed by atoms with van der Waals surface area (Å²) < 4.78 is 14.7. The van der Waals surface area contributed by atoms with Crippen molar-refractivity contribution >= 4 is 28.8 Å². The molecular formula is C26H29FN4O2. The molecule has 7 heteroatoms. The van der Waals surface area contributed by atoms with Gasteiger partial charge < -0.3 is 21.7 Å². The van der Waals surface area contributed by atoms with Crippen molar-refractivity contribution < 1.29 is 14.0 Å². The number of fused-ring (bicyclic) bond motifs is 1. The first-order valence-corrected chi connectivity index (χ1v) is 11.6. The first-order chi connectivity index (χ1) is 16.0. The number of nitrogens with one attached hydrogen (secondary N) is 3. The zero-order valence-electron chi connectivity index (χ0n) is 18.5. The predicted octanol–water partition coefficient (Wildman–Crippen LogP) is 3.65. The Balaban J connectivity index is 1.21. The van der Waals surface area contributed by atoms with Gasteiger partial charge in [-0.3, -0.25) is 9.59 Å². The number of nitrogens with two attached hydrogens (primary N) is 1. The quantitative estimate of drug-likeness (QED) is 0.542. The summed E-state index contributed by atoms with van der Waals surface area (Å²) in [6.45, 7) is 2.03. The van der Waals surface area contributed by atoms with Crippen molar-refractivity contribution in [3.05, 3.63) is 65.5 Å². The second kappa shape index (κ2) is 8.72. The highest BCUT2D eigenvalue weighted by atomic mass is 19.1. The van der Waals surface area contributed by atoms with E-state index < -0.39 is 5.41 Å². The van der Waals surface area contributed by atoms with Crippen LogP contribution in [0.2, 0.25) is 0 Å². The van der Waals surface area contributed by atoms with E-state index in [2.05, 4.69) is 16.0 Å². The van der Waals surface area contributed by atoms with Crippen molar-refractivity contribution in [2.75, 3.05) is 23.7 Å². The van der Waals surface area contributed by atoms with Gasteiger partial charge in [0.25, 0.3) is 0 Å². The van der Waals surface area contributed by atoms with Gasteiger partial charge in [0.2, 0.25) is 11.8 Å². The molecule has 0 saturated heterocycles. The maximum atomic E-state index is 14.7. The van der Waals surface area contributed by atoms with Crippen molar-refractivity contribution in [3.8, 4) is 0 Å². The topological polar surface area (TPSA) is 96.2 Å². The zero-order valence-corrected chi connectivity index (χ0v) is 18.5. The van der Waals surface area contributed by atoms with Gasteiger partial charge in [-0.1, -0.05) is 18.2 Å². The number of hydrogen-bond acceptors (Lipinski definition) is 4. The highest BCUT2D eigenvalue weighted by molar-refractivity contribution is 5.99. The molecule has 2 aromatic rings. The molecule has 1 heterocycles. The molecule has 0 unspecified atom stereocenters. The second-order valence-electron chi connectivity index (χ2n) is 9.48. The molecule has 0 aromatic heterocycles. The zero-order chi connectivity index (χ0) is 23.0. The number of carbonyl (C=O) groups excluding carboxylic acids is 2. The number of halogens is 1. The van der Waals surface area contributed by atoms with Crippen LogP contribution >= 0.6 is 0 Å². The molecule has 0 radical (unpaired) electrons. The van der Waals surface area contributed by atoms with Crippen molar-refractivity contribution in [2.24, 2.45) is 23.0 Å². The van der Waals surface area contributed by atoms with Crippen LogP contribution in [-0.4, -0.2) is 24.9 Å². The van der Waals surface area contributed by atoms with E-state index in [0.29, 0.717) is 37.1 Å². The molecule has 2 bridgehead atoms. The van der Waals surface area contributed by atoms with Gasteiger partial charge in [-0.2, -0.15) is 0 Å². The smallest absolute Gasteiger partial charge is 0.230 e. The van der Waals surface area contributed by atoms with Crippen LogP contribution in [0, 0.1) is 23.1 Å². The third kappa shape index (κ3) is 4.18. The molecule has 0 spiro atoms. The van der Waals surface area contributed by atoms with Crippen LogP contribution in [0.4, 0.5) is 15.8 Å². The molecule has 4 aliphatic rings. The van der Waals surface area contributed by atoms with Crippen molar-refractivity contribution in [3.63, 3.8) is 0 Å². The highest BCUT2D eigenvalue weighted by Crippen LogP contribution is 2.62. The Hall–Kier alpha value is -3.03. The lowest BCUT2D eigenvalue weighted by atomic mass is 9.68. The number of benzene rings is 2. The Labute approximate surface area is 192 Å². The van der Waals surface area contributed by atoms with Gasteiger partial charge >= 0.3 is 0 Å². The van der Waals surface area contributed by atoms with Crippen LogP contribution in [0.25, 0.3) is 5.57 Å². The number of carbonyl (C=O) groups is 2. The summed E-state index contributed by atoms with van der Waals surface area (Å²) >= 11 is 0. The molecule has 5 N–H and O–H groups in total.